The number of hydrogen-bond acceptors (Lipinski definition) is 1. The summed E-state index contributed by atoms with van der Waals surface area (Å²) in [7, 11) is 0. The van der Waals surface area contributed by atoms with Gasteiger partial charge in [-0.15, -0.1) is 0 Å². The summed E-state index contributed by atoms with van der Waals surface area (Å²) in [6.07, 6.45) is 5.97. The molecular formula is C10H12O. The van der Waals surface area contributed by atoms with Crippen LogP contribution in [0.4, 0.5) is 0 Å². The molecule has 1 aliphatic rings. The molecule has 1 aromatic heterocycles. The molecule has 1 aliphatic carbocycles. The summed E-state index contributed by atoms with van der Waals surface area (Å²) in [6.45, 7) is 1.99. The number of rotatable bonds is 1. The monoisotopic (exact) mass is 148 g/mol. The topological polar surface area (TPSA) is 13.1 Å². The normalized spacial score (nSPS) is 17.0. The Balaban J connectivity index is 2.28. The van der Waals surface area contributed by atoms with Crippen LogP contribution in [0.3, 0.4) is 0 Å². The van der Waals surface area contributed by atoms with E-state index >= 15 is 0 Å². The lowest BCUT2D eigenvalue weighted by atomic mass is 10.2. The maximum absolute atomic E-state index is 5.50. The lowest BCUT2D eigenvalue weighted by Gasteiger charge is -1.93. The van der Waals surface area contributed by atoms with Crippen LogP contribution < -0.4 is 0 Å². The van der Waals surface area contributed by atoms with E-state index in [-0.39, 0.29) is 0 Å². The predicted molar refractivity (Wildman–Crippen MR) is 45.3 cm³/mol. The third kappa shape index (κ3) is 1.23. The van der Waals surface area contributed by atoms with Gasteiger partial charge in [-0.25, -0.2) is 0 Å². The summed E-state index contributed by atoms with van der Waals surface area (Å²) in [5, 5.41) is 0. The highest BCUT2D eigenvalue weighted by atomic mass is 16.3. The van der Waals surface area contributed by atoms with Gasteiger partial charge in [0.2, 0.25) is 0 Å². The number of allylic oxidation sites excluding steroid dienone is 2. The maximum Gasteiger partial charge on any atom is 0.129 e. The summed E-state index contributed by atoms with van der Waals surface area (Å²) in [6, 6.07) is 4.08. The van der Waals surface area contributed by atoms with Crippen molar-refractivity contribution in [3.05, 3.63) is 29.7 Å². The summed E-state index contributed by atoms with van der Waals surface area (Å²) < 4.78 is 5.50. The molecule has 0 spiro atoms. The van der Waals surface area contributed by atoms with E-state index in [2.05, 4.69) is 12.1 Å². The SMILES string of the molecule is Cc1ccc(C2=CCCC2)o1. The van der Waals surface area contributed by atoms with Gasteiger partial charge < -0.3 is 4.42 Å². The zero-order chi connectivity index (χ0) is 7.68. The molecule has 0 saturated carbocycles. The van der Waals surface area contributed by atoms with Gasteiger partial charge in [0.1, 0.15) is 11.5 Å². The van der Waals surface area contributed by atoms with Crippen molar-refractivity contribution in [2.75, 3.05) is 0 Å². The maximum atomic E-state index is 5.50. The third-order valence-corrected chi connectivity index (χ3v) is 2.10. The zero-order valence-corrected chi connectivity index (χ0v) is 6.76. The standard InChI is InChI=1S/C10H12O/c1-8-6-7-10(11-8)9-4-2-3-5-9/h4,6-7H,2-3,5H2,1H3. The molecule has 0 radical (unpaired) electrons. The summed E-state index contributed by atoms with van der Waals surface area (Å²) >= 11 is 0. The smallest absolute Gasteiger partial charge is 0.129 e. The van der Waals surface area contributed by atoms with Crippen molar-refractivity contribution in [3.8, 4) is 0 Å². The summed E-state index contributed by atoms with van der Waals surface area (Å²) in [5.74, 6) is 2.08. The van der Waals surface area contributed by atoms with Crippen molar-refractivity contribution in [3.63, 3.8) is 0 Å². The van der Waals surface area contributed by atoms with Crippen LogP contribution in [0, 0.1) is 6.92 Å². The van der Waals surface area contributed by atoms with E-state index in [0.717, 1.165) is 11.5 Å². The number of aryl methyl sites for hydroxylation is 1. The average molecular weight is 148 g/mol. The molecule has 1 heteroatoms. The summed E-state index contributed by atoms with van der Waals surface area (Å²) in [5.41, 5.74) is 1.39. The molecule has 0 saturated heterocycles. The first-order chi connectivity index (χ1) is 5.36. The van der Waals surface area contributed by atoms with Crippen LogP contribution in [0.2, 0.25) is 0 Å². The quantitative estimate of drug-likeness (QED) is 0.596. The minimum atomic E-state index is 1.01. The molecule has 0 bridgehead atoms. The van der Waals surface area contributed by atoms with E-state index in [1.807, 2.05) is 13.0 Å². The minimum Gasteiger partial charge on any atom is -0.462 e. The van der Waals surface area contributed by atoms with Gasteiger partial charge in [0, 0.05) is 0 Å². The van der Waals surface area contributed by atoms with Gasteiger partial charge in [-0.05, 0) is 43.9 Å². The van der Waals surface area contributed by atoms with Crippen molar-refractivity contribution in [2.24, 2.45) is 0 Å². The van der Waals surface area contributed by atoms with Crippen LogP contribution in [0.1, 0.15) is 30.8 Å². The summed E-state index contributed by atoms with van der Waals surface area (Å²) in [4.78, 5) is 0. The van der Waals surface area contributed by atoms with E-state index in [1.165, 1.54) is 24.8 Å². The molecule has 0 amide bonds. The largest absolute Gasteiger partial charge is 0.462 e. The molecule has 1 aromatic rings. The van der Waals surface area contributed by atoms with E-state index < -0.39 is 0 Å². The van der Waals surface area contributed by atoms with Crippen LogP contribution in [-0.4, -0.2) is 0 Å². The van der Waals surface area contributed by atoms with E-state index in [0.29, 0.717) is 0 Å². The fraction of sp³-hybridized carbons (Fsp3) is 0.400. The lowest BCUT2D eigenvalue weighted by Crippen LogP contribution is -1.73. The first kappa shape index (κ1) is 6.71. The van der Waals surface area contributed by atoms with Crippen LogP contribution >= 0.6 is 0 Å². The Morgan fingerprint density at radius 1 is 1.36 bits per heavy atom. The second-order valence-corrected chi connectivity index (χ2v) is 3.03. The second kappa shape index (κ2) is 2.57. The van der Waals surface area contributed by atoms with Crippen LogP contribution in [-0.2, 0) is 0 Å². The van der Waals surface area contributed by atoms with Crippen molar-refractivity contribution in [1.29, 1.82) is 0 Å². The van der Waals surface area contributed by atoms with Gasteiger partial charge in [-0.1, -0.05) is 6.08 Å². The number of furan rings is 1. The molecule has 0 fully saturated rings. The minimum absolute atomic E-state index is 1.01. The fourth-order valence-electron chi connectivity index (χ4n) is 1.50. The van der Waals surface area contributed by atoms with E-state index in [9.17, 15) is 0 Å². The Morgan fingerprint density at radius 2 is 2.27 bits per heavy atom. The second-order valence-electron chi connectivity index (χ2n) is 3.03. The highest BCUT2D eigenvalue weighted by Gasteiger charge is 2.09. The molecule has 0 atom stereocenters. The van der Waals surface area contributed by atoms with Crippen molar-refractivity contribution in [2.45, 2.75) is 26.2 Å². The van der Waals surface area contributed by atoms with Crippen molar-refractivity contribution in [1.82, 2.24) is 0 Å². The van der Waals surface area contributed by atoms with Gasteiger partial charge in [-0.3, -0.25) is 0 Å². The molecular weight excluding hydrogens is 136 g/mol. The fourth-order valence-corrected chi connectivity index (χ4v) is 1.50. The molecule has 2 rings (SSSR count). The Bertz CT molecular complexity index is 281. The Hall–Kier alpha value is -0.980. The van der Waals surface area contributed by atoms with E-state index in [4.69, 9.17) is 4.42 Å². The van der Waals surface area contributed by atoms with E-state index in [1.54, 1.807) is 0 Å². The van der Waals surface area contributed by atoms with Crippen LogP contribution in [0.15, 0.2) is 22.6 Å². The molecule has 0 aromatic carbocycles. The predicted octanol–water partition coefficient (Wildman–Crippen LogP) is 3.16. The molecule has 58 valence electrons. The van der Waals surface area contributed by atoms with Gasteiger partial charge in [0.25, 0.3) is 0 Å². The van der Waals surface area contributed by atoms with Crippen molar-refractivity contribution >= 4 is 5.57 Å². The Morgan fingerprint density at radius 3 is 2.82 bits per heavy atom. The van der Waals surface area contributed by atoms with Gasteiger partial charge >= 0.3 is 0 Å². The lowest BCUT2D eigenvalue weighted by molar-refractivity contribution is 0.520. The molecule has 0 aliphatic heterocycles. The molecule has 1 nitrogen and oxygen atoms in total. The molecule has 1 heterocycles. The Kier molecular flexibility index (Phi) is 1.57. The van der Waals surface area contributed by atoms with Crippen LogP contribution in [0.5, 0.6) is 0 Å². The molecule has 0 unspecified atom stereocenters. The number of hydrogen-bond donors (Lipinski definition) is 0. The Labute approximate surface area is 66.7 Å². The van der Waals surface area contributed by atoms with Gasteiger partial charge in [0.15, 0.2) is 0 Å². The highest BCUT2D eigenvalue weighted by Crippen LogP contribution is 2.28. The third-order valence-electron chi connectivity index (χ3n) is 2.10. The van der Waals surface area contributed by atoms with Crippen molar-refractivity contribution < 1.29 is 4.42 Å². The van der Waals surface area contributed by atoms with Gasteiger partial charge in [-0.2, -0.15) is 0 Å². The van der Waals surface area contributed by atoms with Crippen LogP contribution in [0.25, 0.3) is 5.57 Å². The zero-order valence-electron chi connectivity index (χ0n) is 6.76. The molecule has 11 heavy (non-hydrogen) atoms. The highest BCUT2D eigenvalue weighted by molar-refractivity contribution is 5.63. The average Bonchev–Trinajstić information content (AvgIpc) is 2.55. The molecule has 0 N–H and O–H groups in total. The first-order valence-electron chi connectivity index (χ1n) is 4.12. The first-order valence-corrected chi connectivity index (χ1v) is 4.12. The van der Waals surface area contributed by atoms with Gasteiger partial charge in [0.05, 0.1) is 0 Å².